The number of aromatic amines is 2. The summed E-state index contributed by atoms with van der Waals surface area (Å²) in [6.07, 6.45) is 2.02. The summed E-state index contributed by atoms with van der Waals surface area (Å²) in [5, 5.41) is 2.36. The Morgan fingerprint density at radius 1 is 1.62 bits per heavy atom. The van der Waals surface area contributed by atoms with E-state index in [2.05, 4.69) is 25.3 Å². The number of H-pyrrole nitrogens is 2. The Bertz CT molecular complexity index is 501. The highest BCUT2D eigenvalue weighted by Crippen LogP contribution is 2.08. The molecule has 0 unspecified atom stereocenters. The van der Waals surface area contributed by atoms with Gasteiger partial charge in [0.2, 0.25) is 12.4 Å². The molecular formula is C6H5N5OS. The van der Waals surface area contributed by atoms with E-state index in [1.54, 1.807) is 0 Å². The Balaban J connectivity index is 2.69. The molecule has 13 heavy (non-hydrogen) atoms. The summed E-state index contributed by atoms with van der Waals surface area (Å²) >= 11 is 4.95. The number of amides is 1. The maximum absolute atomic E-state index is 10.1. The largest absolute Gasteiger partial charge is 0.341 e. The fraction of sp³-hybridized carbons (Fsp3) is 0. The average molecular weight is 195 g/mol. The van der Waals surface area contributed by atoms with Crippen LogP contribution in [0.1, 0.15) is 0 Å². The first-order chi connectivity index (χ1) is 6.31. The topological polar surface area (TPSA) is 86.5 Å². The molecule has 0 fully saturated rings. The molecule has 1 amide bonds. The van der Waals surface area contributed by atoms with Crippen molar-refractivity contribution in [2.45, 2.75) is 0 Å². The Morgan fingerprint density at radius 3 is 3.23 bits per heavy atom. The molecule has 0 aliphatic carbocycles. The van der Waals surface area contributed by atoms with Crippen molar-refractivity contribution in [2.24, 2.45) is 0 Å². The number of fused-ring (bicyclic) bond motifs is 1. The molecule has 0 aliphatic heterocycles. The number of imidazole rings is 1. The number of carbonyl (C=O) groups excluding carboxylic acids is 1. The molecule has 6 nitrogen and oxygen atoms in total. The van der Waals surface area contributed by atoms with Gasteiger partial charge in [-0.2, -0.15) is 0 Å². The molecule has 2 aromatic heterocycles. The number of anilines is 1. The average Bonchev–Trinajstić information content (AvgIpc) is 2.53. The smallest absolute Gasteiger partial charge is 0.213 e. The first-order valence-electron chi connectivity index (χ1n) is 3.45. The van der Waals surface area contributed by atoms with Crippen molar-refractivity contribution in [1.82, 2.24) is 19.9 Å². The maximum atomic E-state index is 10.1. The highest BCUT2D eigenvalue weighted by atomic mass is 32.1. The van der Waals surface area contributed by atoms with Crippen LogP contribution in [0.2, 0.25) is 0 Å². The predicted molar refractivity (Wildman–Crippen MR) is 48.8 cm³/mol. The minimum atomic E-state index is 0.291. The zero-order chi connectivity index (χ0) is 9.26. The molecule has 0 bridgehead atoms. The van der Waals surface area contributed by atoms with E-state index in [1.807, 2.05) is 0 Å². The molecule has 2 rings (SSSR count). The lowest BCUT2D eigenvalue weighted by Crippen LogP contribution is -2.00. The van der Waals surface area contributed by atoms with Crippen LogP contribution in [0.25, 0.3) is 11.2 Å². The molecule has 3 N–H and O–H groups in total. The third-order valence-electron chi connectivity index (χ3n) is 1.50. The standard InChI is InChI=1S/C6H5N5OS/c12-2-9-6-10-4-3(5(13)11-6)7-1-8-4/h1-2H,(H3,7,8,9,10,11,12,13). The Hall–Kier alpha value is -1.76. The predicted octanol–water partition coefficient (Wildman–Crippen LogP) is 0.584. The Labute approximate surface area is 77.4 Å². The van der Waals surface area contributed by atoms with Gasteiger partial charge >= 0.3 is 0 Å². The number of nitrogens with one attached hydrogen (secondary N) is 3. The van der Waals surface area contributed by atoms with Crippen LogP contribution in [0, 0.1) is 4.64 Å². The van der Waals surface area contributed by atoms with Crippen molar-refractivity contribution < 1.29 is 4.79 Å². The Morgan fingerprint density at radius 2 is 2.46 bits per heavy atom. The zero-order valence-corrected chi connectivity index (χ0v) is 7.18. The van der Waals surface area contributed by atoms with E-state index in [4.69, 9.17) is 12.2 Å². The van der Waals surface area contributed by atoms with Gasteiger partial charge in [-0.25, -0.2) is 9.97 Å². The lowest BCUT2D eigenvalue weighted by Gasteiger charge is -1.96. The number of hydrogen-bond donors (Lipinski definition) is 3. The van der Waals surface area contributed by atoms with Gasteiger partial charge in [-0.05, 0) is 0 Å². The number of hydrogen-bond acceptors (Lipinski definition) is 4. The molecule has 7 heteroatoms. The van der Waals surface area contributed by atoms with Gasteiger partial charge in [-0.15, -0.1) is 0 Å². The van der Waals surface area contributed by atoms with Crippen LogP contribution >= 0.6 is 12.2 Å². The van der Waals surface area contributed by atoms with Crippen molar-refractivity contribution in [3.63, 3.8) is 0 Å². The van der Waals surface area contributed by atoms with Crippen LogP contribution in [0.5, 0.6) is 0 Å². The molecule has 0 atom stereocenters. The fourth-order valence-corrected chi connectivity index (χ4v) is 1.22. The van der Waals surface area contributed by atoms with E-state index in [0.717, 1.165) is 0 Å². The van der Waals surface area contributed by atoms with E-state index >= 15 is 0 Å². The van der Waals surface area contributed by atoms with Crippen LogP contribution in [0.15, 0.2) is 6.33 Å². The van der Waals surface area contributed by atoms with Crippen LogP contribution in [0.3, 0.4) is 0 Å². The SMILES string of the molecule is O=CNc1nc(=S)c2[nH]cnc2[nH]1. The lowest BCUT2D eigenvalue weighted by molar-refractivity contribution is -0.105. The van der Waals surface area contributed by atoms with Crippen LogP contribution < -0.4 is 5.32 Å². The molecule has 0 saturated heterocycles. The van der Waals surface area contributed by atoms with Crippen LogP contribution in [-0.4, -0.2) is 26.3 Å². The number of nitrogens with zero attached hydrogens (tertiary/aromatic N) is 2. The third-order valence-corrected chi connectivity index (χ3v) is 1.79. The lowest BCUT2D eigenvalue weighted by atomic mass is 10.5. The molecule has 0 aromatic carbocycles. The summed E-state index contributed by atoms with van der Waals surface area (Å²) in [6.45, 7) is 0. The monoisotopic (exact) mass is 195 g/mol. The van der Waals surface area contributed by atoms with Crippen LogP contribution in [0.4, 0.5) is 5.95 Å². The fourth-order valence-electron chi connectivity index (χ4n) is 0.974. The van der Waals surface area contributed by atoms with Crippen molar-refractivity contribution >= 4 is 35.7 Å². The molecule has 2 heterocycles. The molecule has 0 aliphatic rings. The van der Waals surface area contributed by atoms with E-state index in [0.29, 0.717) is 28.2 Å². The van der Waals surface area contributed by atoms with Gasteiger partial charge in [0, 0.05) is 0 Å². The summed E-state index contributed by atoms with van der Waals surface area (Å²) in [5.41, 5.74) is 1.23. The van der Waals surface area contributed by atoms with Crippen LogP contribution in [-0.2, 0) is 4.79 Å². The van der Waals surface area contributed by atoms with E-state index in [1.165, 1.54) is 6.33 Å². The zero-order valence-electron chi connectivity index (χ0n) is 6.37. The molecule has 66 valence electrons. The van der Waals surface area contributed by atoms with Gasteiger partial charge in [0.05, 0.1) is 6.33 Å². The highest BCUT2D eigenvalue weighted by Gasteiger charge is 2.01. The summed E-state index contributed by atoms with van der Waals surface area (Å²) in [4.78, 5) is 23.6. The van der Waals surface area contributed by atoms with Crippen molar-refractivity contribution in [3.8, 4) is 0 Å². The first-order valence-corrected chi connectivity index (χ1v) is 3.85. The van der Waals surface area contributed by atoms with Gasteiger partial charge in [0.25, 0.3) is 0 Å². The van der Waals surface area contributed by atoms with Crippen molar-refractivity contribution in [3.05, 3.63) is 11.0 Å². The second-order valence-corrected chi connectivity index (χ2v) is 2.67. The third kappa shape index (κ3) is 1.29. The van der Waals surface area contributed by atoms with Gasteiger partial charge in [-0.3, -0.25) is 10.1 Å². The Kier molecular flexibility index (Phi) is 1.78. The first kappa shape index (κ1) is 7.87. The van der Waals surface area contributed by atoms with E-state index in [-0.39, 0.29) is 0 Å². The molecule has 0 radical (unpaired) electrons. The number of carbonyl (C=O) groups is 1. The summed E-state index contributed by atoms with van der Waals surface area (Å²) < 4.78 is 0.371. The second-order valence-electron chi connectivity index (χ2n) is 2.28. The van der Waals surface area contributed by atoms with E-state index in [9.17, 15) is 4.79 Å². The molecule has 0 saturated carbocycles. The normalized spacial score (nSPS) is 10.2. The van der Waals surface area contributed by atoms with Crippen molar-refractivity contribution in [2.75, 3.05) is 5.32 Å². The van der Waals surface area contributed by atoms with Gasteiger partial charge in [-0.1, -0.05) is 12.2 Å². The van der Waals surface area contributed by atoms with Gasteiger partial charge in [0.1, 0.15) is 5.52 Å². The summed E-state index contributed by atoms with van der Waals surface area (Å²) in [5.74, 6) is 0.291. The summed E-state index contributed by atoms with van der Waals surface area (Å²) in [7, 11) is 0. The quantitative estimate of drug-likeness (QED) is 0.483. The molecular weight excluding hydrogens is 190 g/mol. The number of aromatic nitrogens is 4. The second kappa shape index (κ2) is 2.94. The molecule has 2 aromatic rings. The maximum Gasteiger partial charge on any atom is 0.213 e. The van der Waals surface area contributed by atoms with E-state index < -0.39 is 0 Å². The highest BCUT2D eigenvalue weighted by molar-refractivity contribution is 7.71. The minimum absolute atomic E-state index is 0.291. The minimum Gasteiger partial charge on any atom is -0.341 e. The number of rotatable bonds is 2. The van der Waals surface area contributed by atoms with Crippen molar-refractivity contribution in [1.29, 1.82) is 0 Å². The van der Waals surface area contributed by atoms with Gasteiger partial charge in [0.15, 0.2) is 10.3 Å². The molecule has 0 spiro atoms. The summed E-state index contributed by atoms with van der Waals surface area (Å²) in [6, 6.07) is 0. The van der Waals surface area contributed by atoms with Gasteiger partial charge < -0.3 is 9.97 Å².